The Morgan fingerprint density at radius 2 is 1.56 bits per heavy atom. The van der Waals surface area contributed by atoms with Crippen LogP contribution >= 0.6 is 0 Å². The summed E-state index contributed by atoms with van der Waals surface area (Å²) < 4.78 is 0. The summed E-state index contributed by atoms with van der Waals surface area (Å²) in [6.07, 6.45) is 4.08. The molecule has 0 saturated carbocycles. The maximum absolute atomic E-state index is 13.1. The molecular weight excluding hydrogens is 312 g/mol. The fourth-order valence-electron chi connectivity index (χ4n) is 3.91. The van der Waals surface area contributed by atoms with Gasteiger partial charge in [-0.05, 0) is 24.6 Å². The van der Waals surface area contributed by atoms with E-state index in [0.29, 0.717) is 17.7 Å². The Balaban J connectivity index is 1.77. The number of unbranched alkanes of at least 4 members (excludes halogenated alkanes) is 3. The van der Waals surface area contributed by atoms with Crippen molar-refractivity contribution in [3.63, 3.8) is 0 Å². The number of carbonyl (C=O) groups is 2. The average Bonchev–Trinajstić information content (AvgIpc) is 2.94. The van der Waals surface area contributed by atoms with E-state index in [4.69, 9.17) is 0 Å². The first-order chi connectivity index (χ1) is 12.2. The molecule has 25 heavy (non-hydrogen) atoms. The van der Waals surface area contributed by atoms with Crippen molar-refractivity contribution in [1.29, 1.82) is 0 Å². The molecule has 1 atom stereocenters. The lowest BCUT2D eigenvalue weighted by molar-refractivity contribution is 0.0643. The number of benzene rings is 2. The van der Waals surface area contributed by atoms with E-state index in [0.717, 1.165) is 30.5 Å². The third-order valence-corrected chi connectivity index (χ3v) is 5.14. The summed E-state index contributed by atoms with van der Waals surface area (Å²) in [6.45, 7) is 2.85. The Kier molecular flexibility index (Phi) is 4.04. The third-order valence-electron chi connectivity index (χ3n) is 5.14. The van der Waals surface area contributed by atoms with Crippen LogP contribution < -0.4 is 4.90 Å². The van der Waals surface area contributed by atoms with Gasteiger partial charge in [0.1, 0.15) is 6.17 Å². The lowest BCUT2D eigenvalue weighted by Crippen LogP contribution is -2.48. The number of rotatable bonds is 5. The summed E-state index contributed by atoms with van der Waals surface area (Å²) in [6, 6.07) is 15.1. The summed E-state index contributed by atoms with van der Waals surface area (Å²) >= 11 is 0. The second-order valence-electron chi connectivity index (χ2n) is 6.71. The van der Waals surface area contributed by atoms with Crippen molar-refractivity contribution >= 4 is 17.5 Å². The normalized spacial score (nSPS) is 18.2. The SMILES string of the molecule is CCCCCCN1C(=O)c2ccccc2N2C(=O)c3ccccc3C12. The van der Waals surface area contributed by atoms with Crippen LogP contribution in [0.15, 0.2) is 48.5 Å². The van der Waals surface area contributed by atoms with E-state index in [9.17, 15) is 9.59 Å². The van der Waals surface area contributed by atoms with Crippen molar-refractivity contribution in [3.8, 4) is 0 Å². The summed E-state index contributed by atoms with van der Waals surface area (Å²) in [5.41, 5.74) is 2.99. The maximum Gasteiger partial charge on any atom is 0.260 e. The van der Waals surface area contributed by atoms with Crippen LogP contribution in [0, 0.1) is 0 Å². The van der Waals surface area contributed by atoms with Crippen molar-refractivity contribution in [2.75, 3.05) is 11.4 Å². The van der Waals surface area contributed by atoms with E-state index in [1.807, 2.05) is 53.4 Å². The van der Waals surface area contributed by atoms with Gasteiger partial charge in [-0.2, -0.15) is 0 Å². The Morgan fingerprint density at radius 1 is 0.840 bits per heavy atom. The molecule has 0 spiro atoms. The molecule has 0 radical (unpaired) electrons. The number of amides is 2. The van der Waals surface area contributed by atoms with E-state index in [-0.39, 0.29) is 18.0 Å². The number of carbonyl (C=O) groups excluding carboxylic acids is 2. The number of hydrogen-bond acceptors (Lipinski definition) is 2. The molecule has 0 fully saturated rings. The minimum Gasteiger partial charge on any atom is -0.313 e. The molecule has 4 nitrogen and oxygen atoms in total. The van der Waals surface area contributed by atoms with Crippen molar-refractivity contribution in [1.82, 2.24) is 4.90 Å². The Hall–Kier alpha value is -2.62. The van der Waals surface area contributed by atoms with Crippen LogP contribution in [0.2, 0.25) is 0 Å². The zero-order chi connectivity index (χ0) is 17.4. The highest BCUT2D eigenvalue weighted by Crippen LogP contribution is 2.45. The zero-order valence-corrected chi connectivity index (χ0v) is 14.4. The topological polar surface area (TPSA) is 40.6 Å². The molecule has 0 aromatic heterocycles. The highest BCUT2D eigenvalue weighted by Gasteiger charge is 2.47. The zero-order valence-electron chi connectivity index (χ0n) is 14.4. The van der Waals surface area contributed by atoms with E-state index >= 15 is 0 Å². The van der Waals surface area contributed by atoms with E-state index in [2.05, 4.69) is 6.92 Å². The van der Waals surface area contributed by atoms with Gasteiger partial charge in [-0.25, -0.2) is 0 Å². The predicted octanol–water partition coefficient (Wildman–Crippen LogP) is 4.38. The summed E-state index contributed by atoms with van der Waals surface area (Å²) in [4.78, 5) is 29.8. The van der Waals surface area contributed by atoms with Gasteiger partial charge < -0.3 is 4.90 Å². The first-order valence-electron chi connectivity index (χ1n) is 9.06. The van der Waals surface area contributed by atoms with Crippen LogP contribution in [0.3, 0.4) is 0 Å². The molecule has 4 heteroatoms. The molecule has 2 heterocycles. The lowest BCUT2D eigenvalue weighted by atomic mass is 10.0. The molecule has 2 aliphatic rings. The van der Waals surface area contributed by atoms with Crippen molar-refractivity contribution in [3.05, 3.63) is 65.2 Å². The molecule has 2 aromatic carbocycles. The van der Waals surface area contributed by atoms with Crippen LogP contribution in [0.5, 0.6) is 0 Å². The summed E-state index contributed by atoms with van der Waals surface area (Å²) in [5, 5.41) is 0. The molecule has 2 aliphatic heterocycles. The number of anilines is 1. The molecule has 1 unspecified atom stereocenters. The standard InChI is InChI=1S/C21H22N2O2/c1-2-3-4-9-14-22-19-15-10-5-6-11-16(15)21(25)23(19)18-13-8-7-12-17(18)20(22)24/h5-8,10-13,19H,2-4,9,14H2,1H3. The van der Waals surface area contributed by atoms with Gasteiger partial charge in [0.25, 0.3) is 11.8 Å². The van der Waals surface area contributed by atoms with Gasteiger partial charge in [0.15, 0.2) is 0 Å². The average molecular weight is 334 g/mol. The molecule has 0 N–H and O–H groups in total. The second kappa shape index (κ2) is 6.36. The first kappa shape index (κ1) is 15.9. The minimum absolute atomic E-state index is 0.0147. The highest BCUT2D eigenvalue weighted by molar-refractivity contribution is 6.16. The Labute approximate surface area is 148 Å². The van der Waals surface area contributed by atoms with Crippen molar-refractivity contribution in [2.45, 2.75) is 38.8 Å². The molecule has 0 saturated heterocycles. The monoisotopic (exact) mass is 334 g/mol. The fourth-order valence-corrected chi connectivity index (χ4v) is 3.91. The second-order valence-corrected chi connectivity index (χ2v) is 6.71. The molecule has 2 amide bonds. The van der Waals surface area contributed by atoms with Crippen LogP contribution in [0.4, 0.5) is 5.69 Å². The Bertz CT molecular complexity index is 830. The van der Waals surface area contributed by atoms with Gasteiger partial charge in [0, 0.05) is 17.7 Å². The van der Waals surface area contributed by atoms with Gasteiger partial charge in [-0.3, -0.25) is 14.5 Å². The lowest BCUT2D eigenvalue weighted by Gasteiger charge is -2.41. The molecular formula is C21H22N2O2. The van der Waals surface area contributed by atoms with Gasteiger partial charge in [-0.15, -0.1) is 0 Å². The van der Waals surface area contributed by atoms with Crippen molar-refractivity contribution in [2.24, 2.45) is 0 Å². The number of hydrogen-bond donors (Lipinski definition) is 0. The van der Waals surface area contributed by atoms with E-state index in [1.165, 1.54) is 6.42 Å². The highest BCUT2D eigenvalue weighted by atomic mass is 16.2. The smallest absolute Gasteiger partial charge is 0.260 e. The van der Waals surface area contributed by atoms with Crippen LogP contribution in [-0.2, 0) is 0 Å². The molecule has 4 rings (SSSR count). The van der Waals surface area contributed by atoms with E-state index in [1.54, 1.807) is 4.90 Å². The fraction of sp³-hybridized carbons (Fsp3) is 0.333. The van der Waals surface area contributed by atoms with Gasteiger partial charge in [0.2, 0.25) is 0 Å². The van der Waals surface area contributed by atoms with Crippen LogP contribution in [0.25, 0.3) is 0 Å². The number of nitrogens with zero attached hydrogens (tertiary/aromatic N) is 2. The molecule has 128 valence electrons. The van der Waals surface area contributed by atoms with Crippen LogP contribution in [0.1, 0.15) is 65.1 Å². The van der Waals surface area contributed by atoms with Gasteiger partial charge in [0.05, 0.1) is 11.3 Å². The van der Waals surface area contributed by atoms with Gasteiger partial charge in [-0.1, -0.05) is 56.5 Å². The first-order valence-corrected chi connectivity index (χ1v) is 9.06. The quantitative estimate of drug-likeness (QED) is 0.761. The molecule has 0 aliphatic carbocycles. The minimum atomic E-state index is -0.312. The summed E-state index contributed by atoms with van der Waals surface area (Å²) in [5.74, 6) is 0.0111. The maximum atomic E-state index is 13.1. The van der Waals surface area contributed by atoms with E-state index < -0.39 is 0 Å². The Morgan fingerprint density at radius 3 is 2.36 bits per heavy atom. The predicted molar refractivity (Wildman–Crippen MR) is 97.6 cm³/mol. The molecule has 0 bridgehead atoms. The van der Waals surface area contributed by atoms with Crippen LogP contribution in [-0.4, -0.2) is 23.3 Å². The van der Waals surface area contributed by atoms with Crippen molar-refractivity contribution < 1.29 is 9.59 Å². The summed E-state index contributed by atoms with van der Waals surface area (Å²) in [7, 11) is 0. The number of fused-ring (bicyclic) bond motifs is 5. The van der Waals surface area contributed by atoms with Gasteiger partial charge >= 0.3 is 0 Å². The number of para-hydroxylation sites is 1. The third kappa shape index (κ3) is 2.44. The molecule has 2 aromatic rings. The largest absolute Gasteiger partial charge is 0.313 e.